The predicted octanol–water partition coefficient (Wildman–Crippen LogP) is 0.703. The minimum atomic E-state index is -0.604. The highest BCUT2D eigenvalue weighted by Crippen LogP contribution is 2.23. The van der Waals surface area contributed by atoms with Gasteiger partial charge in [-0.05, 0) is 6.42 Å². The molecule has 1 saturated heterocycles. The summed E-state index contributed by atoms with van der Waals surface area (Å²) in [6, 6.07) is 0. The number of rotatable bonds is 3. The van der Waals surface area contributed by atoms with Gasteiger partial charge in [0.05, 0.1) is 0 Å². The largest absolute Gasteiger partial charge is 0.447 e. The molecule has 4 heteroatoms. The molecule has 1 aliphatic heterocycles. The average molecular weight is 198 g/mol. The Morgan fingerprint density at radius 1 is 1.64 bits per heavy atom. The fraction of sp³-hybridized carbons (Fsp3) is 0.700. The maximum Gasteiger partial charge on any atom is 0.303 e. The Morgan fingerprint density at radius 3 is 2.79 bits per heavy atom. The van der Waals surface area contributed by atoms with Crippen LogP contribution >= 0.6 is 0 Å². The van der Waals surface area contributed by atoms with Gasteiger partial charge in [0.25, 0.3) is 0 Å². The standard InChI is InChI=1S/C10H14O4/c1-4-8(13-7(2)11)9-5-6-10(12-3)14-9/h1,8-10H,5-6H2,2-3H3/t8-,9+,10?/m0/s1. The lowest BCUT2D eigenvalue weighted by molar-refractivity contribution is -0.160. The zero-order chi connectivity index (χ0) is 10.6. The number of terminal acetylenes is 1. The molecule has 1 rings (SSSR count). The van der Waals surface area contributed by atoms with Gasteiger partial charge >= 0.3 is 5.97 Å². The van der Waals surface area contributed by atoms with Crippen molar-refractivity contribution in [2.75, 3.05) is 7.11 Å². The predicted molar refractivity (Wildman–Crippen MR) is 49.3 cm³/mol. The normalized spacial score (nSPS) is 28.1. The zero-order valence-electron chi connectivity index (χ0n) is 8.36. The van der Waals surface area contributed by atoms with Crippen molar-refractivity contribution in [1.82, 2.24) is 0 Å². The lowest BCUT2D eigenvalue weighted by Gasteiger charge is -2.18. The molecule has 0 aromatic carbocycles. The average Bonchev–Trinajstić information content (AvgIpc) is 2.62. The summed E-state index contributed by atoms with van der Waals surface area (Å²) in [5.41, 5.74) is 0. The van der Waals surface area contributed by atoms with Crippen LogP contribution in [-0.4, -0.2) is 31.6 Å². The summed E-state index contributed by atoms with van der Waals surface area (Å²) in [5.74, 6) is 2.01. The third-order valence-electron chi connectivity index (χ3n) is 2.07. The van der Waals surface area contributed by atoms with Crippen LogP contribution in [0.1, 0.15) is 19.8 Å². The molecule has 0 aromatic rings. The Balaban J connectivity index is 2.47. The van der Waals surface area contributed by atoms with Crippen LogP contribution < -0.4 is 0 Å². The molecule has 0 aromatic heterocycles. The molecule has 4 nitrogen and oxygen atoms in total. The van der Waals surface area contributed by atoms with Crippen molar-refractivity contribution in [3.05, 3.63) is 0 Å². The van der Waals surface area contributed by atoms with E-state index >= 15 is 0 Å². The van der Waals surface area contributed by atoms with Gasteiger partial charge in [0.15, 0.2) is 12.4 Å². The first-order chi connectivity index (χ1) is 6.67. The van der Waals surface area contributed by atoms with Crippen molar-refractivity contribution in [3.63, 3.8) is 0 Å². The number of hydrogen-bond donors (Lipinski definition) is 0. The molecule has 1 unspecified atom stereocenters. The molecular weight excluding hydrogens is 184 g/mol. The van der Waals surface area contributed by atoms with E-state index in [9.17, 15) is 4.79 Å². The van der Waals surface area contributed by atoms with Gasteiger partial charge in [-0.25, -0.2) is 0 Å². The molecule has 0 N–H and O–H groups in total. The van der Waals surface area contributed by atoms with Gasteiger partial charge in [-0.2, -0.15) is 0 Å². The summed E-state index contributed by atoms with van der Waals surface area (Å²) in [7, 11) is 1.57. The molecule has 14 heavy (non-hydrogen) atoms. The van der Waals surface area contributed by atoms with Gasteiger partial charge in [0.2, 0.25) is 0 Å². The summed E-state index contributed by atoms with van der Waals surface area (Å²) in [6.45, 7) is 1.33. The summed E-state index contributed by atoms with van der Waals surface area (Å²) < 4.78 is 15.4. The lowest BCUT2D eigenvalue weighted by Crippen LogP contribution is -2.29. The van der Waals surface area contributed by atoms with Crippen LogP contribution in [0.5, 0.6) is 0 Å². The van der Waals surface area contributed by atoms with Crippen LogP contribution in [0.25, 0.3) is 0 Å². The Hall–Kier alpha value is -1.05. The Bertz CT molecular complexity index is 243. The quantitative estimate of drug-likeness (QED) is 0.494. The summed E-state index contributed by atoms with van der Waals surface area (Å²) in [5, 5.41) is 0. The topological polar surface area (TPSA) is 44.8 Å². The van der Waals surface area contributed by atoms with Crippen molar-refractivity contribution < 1.29 is 19.0 Å². The highest BCUT2D eigenvalue weighted by molar-refractivity contribution is 5.66. The number of esters is 1. The van der Waals surface area contributed by atoms with E-state index in [1.54, 1.807) is 7.11 Å². The van der Waals surface area contributed by atoms with Crippen LogP contribution in [0.2, 0.25) is 0 Å². The highest BCUT2D eigenvalue weighted by atomic mass is 16.7. The lowest BCUT2D eigenvalue weighted by atomic mass is 10.1. The van der Waals surface area contributed by atoms with Crippen molar-refractivity contribution in [2.24, 2.45) is 0 Å². The van der Waals surface area contributed by atoms with Crippen molar-refractivity contribution >= 4 is 5.97 Å². The maximum absolute atomic E-state index is 10.7. The SMILES string of the molecule is C#C[C@H](OC(C)=O)[C@H]1CCC(OC)O1. The Morgan fingerprint density at radius 2 is 2.36 bits per heavy atom. The number of ether oxygens (including phenoxy) is 3. The van der Waals surface area contributed by atoms with E-state index in [-0.39, 0.29) is 12.4 Å². The molecule has 78 valence electrons. The molecule has 0 aliphatic carbocycles. The molecule has 1 heterocycles. The summed E-state index contributed by atoms with van der Waals surface area (Å²) in [6.07, 6.45) is 5.69. The van der Waals surface area contributed by atoms with Gasteiger partial charge in [-0.3, -0.25) is 4.79 Å². The van der Waals surface area contributed by atoms with Crippen molar-refractivity contribution in [1.29, 1.82) is 0 Å². The summed E-state index contributed by atoms with van der Waals surface area (Å²) >= 11 is 0. The van der Waals surface area contributed by atoms with Gasteiger partial charge in [-0.1, -0.05) is 5.92 Å². The van der Waals surface area contributed by atoms with E-state index in [0.29, 0.717) is 0 Å². The van der Waals surface area contributed by atoms with E-state index in [4.69, 9.17) is 20.6 Å². The van der Waals surface area contributed by atoms with Crippen LogP contribution in [-0.2, 0) is 19.0 Å². The second-order valence-corrected chi connectivity index (χ2v) is 3.11. The van der Waals surface area contributed by atoms with Crippen LogP contribution in [0, 0.1) is 12.3 Å². The smallest absolute Gasteiger partial charge is 0.303 e. The van der Waals surface area contributed by atoms with Gasteiger partial charge < -0.3 is 14.2 Å². The van der Waals surface area contributed by atoms with Gasteiger partial charge in [0, 0.05) is 20.5 Å². The van der Waals surface area contributed by atoms with Crippen LogP contribution in [0.3, 0.4) is 0 Å². The first kappa shape index (κ1) is 11.0. The first-order valence-electron chi connectivity index (χ1n) is 4.49. The molecule has 0 radical (unpaired) electrons. The molecule has 1 aliphatic rings. The Labute approximate surface area is 83.5 Å². The molecule has 1 fully saturated rings. The van der Waals surface area contributed by atoms with Gasteiger partial charge in [0.1, 0.15) is 6.10 Å². The van der Waals surface area contributed by atoms with E-state index in [2.05, 4.69) is 5.92 Å². The Kier molecular flexibility index (Phi) is 3.93. The van der Waals surface area contributed by atoms with E-state index in [1.807, 2.05) is 0 Å². The number of carbonyl (C=O) groups excluding carboxylic acids is 1. The van der Waals surface area contributed by atoms with E-state index in [1.165, 1.54) is 6.92 Å². The van der Waals surface area contributed by atoms with E-state index in [0.717, 1.165) is 12.8 Å². The fourth-order valence-corrected chi connectivity index (χ4v) is 1.42. The third-order valence-corrected chi connectivity index (χ3v) is 2.07. The van der Waals surface area contributed by atoms with Crippen LogP contribution in [0.15, 0.2) is 0 Å². The minimum absolute atomic E-state index is 0.230. The van der Waals surface area contributed by atoms with Crippen molar-refractivity contribution in [2.45, 2.75) is 38.3 Å². The number of carbonyl (C=O) groups is 1. The first-order valence-corrected chi connectivity index (χ1v) is 4.49. The number of hydrogen-bond acceptors (Lipinski definition) is 4. The van der Waals surface area contributed by atoms with Crippen LogP contribution in [0.4, 0.5) is 0 Å². The molecule has 3 atom stereocenters. The molecule has 0 amide bonds. The zero-order valence-corrected chi connectivity index (χ0v) is 8.36. The minimum Gasteiger partial charge on any atom is -0.447 e. The second kappa shape index (κ2) is 4.99. The molecule has 0 bridgehead atoms. The second-order valence-electron chi connectivity index (χ2n) is 3.11. The maximum atomic E-state index is 10.7. The van der Waals surface area contributed by atoms with Crippen molar-refractivity contribution in [3.8, 4) is 12.3 Å². The highest BCUT2D eigenvalue weighted by Gasteiger charge is 2.32. The van der Waals surface area contributed by atoms with Gasteiger partial charge in [-0.15, -0.1) is 6.42 Å². The molecular formula is C10H14O4. The molecule has 0 spiro atoms. The van der Waals surface area contributed by atoms with E-state index < -0.39 is 12.1 Å². The molecule has 0 saturated carbocycles. The summed E-state index contributed by atoms with van der Waals surface area (Å²) in [4.78, 5) is 10.7. The monoisotopic (exact) mass is 198 g/mol. The number of methoxy groups -OCH3 is 1. The fourth-order valence-electron chi connectivity index (χ4n) is 1.42. The third kappa shape index (κ3) is 2.72.